The highest BCUT2D eigenvalue weighted by atomic mass is 32.7. The second-order valence-corrected chi connectivity index (χ2v) is 14.6. The summed E-state index contributed by atoms with van der Waals surface area (Å²) in [6.45, 7) is -4.53. The molecule has 3 aliphatic rings. The molecule has 2 bridgehead atoms. The molecule has 15 nitrogen and oxygen atoms in total. The van der Waals surface area contributed by atoms with Crippen molar-refractivity contribution in [3.05, 3.63) is 28.9 Å². The average Bonchev–Trinajstić information content (AvgIpc) is 3.69. The van der Waals surface area contributed by atoms with Crippen LogP contribution in [0.4, 0.5) is 20.5 Å². The molecular formula is C22H25F2N10O5PS2. The number of H-pyrrole nitrogens is 1. The molecule has 4 aromatic rings. The van der Waals surface area contributed by atoms with Crippen LogP contribution in [0.3, 0.4) is 0 Å². The van der Waals surface area contributed by atoms with Gasteiger partial charge in [0.15, 0.2) is 23.6 Å². The fraction of sp³-hybridized carbons (Fsp3) is 0.545. The third-order valence-corrected chi connectivity index (χ3v) is 11.0. The Hall–Kier alpha value is -2.83. The summed E-state index contributed by atoms with van der Waals surface area (Å²) in [7, 11) is 0. The summed E-state index contributed by atoms with van der Waals surface area (Å²) in [6.07, 6.45) is -2.23. The van der Waals surface area contributed by atoms with Gasteiger partial charge in [-0.2, -0.15) is 4.98 Å². The number of thioether (sulfide) groups is 1. The first kappa shape index (κ1) is 28.0. The summed E-state index contributed by atoms with van der Waals surface area (Å²) in [5.74, 6) is -0.575. The Morgan fingerprint density at radius 1 is 1.19 bits per heavy atom. The van der Waals surface area contributed by atoms with Gasteiger partial charge >= 0.3 is 6.80 Å². The topological polar surface area (TPSA) is 204 Å². The van der Waals surface area contributed by atoms with Crippen LogP contribution in [0.25, 0.3) is 22.2 Å². The van der Waals surface area contributed by atoms with Gasteiger partial charge in [0.1, 0.15) is 35.4 Å². The molecule has 0 radical (unpaired) electrons. The van der Waals surface area contributed by atoms with Gasteiger partial charge < -0.3 is 20.8 Å². The maximum atomic E-state index is 16.0. The van der Waals surface area contributed by atoms with Crippen LogP contribution in [0.2, 0.25) is 0 Å². The lowest BCUT2D eigenvalue weighted by molar-refractivity contribution is -0.0377. The van der Waals surface area contributed by atoms with Crippen molar-refractivity contribution in [2.45, 2.75) is 60.7 Å². The third-order valence-electron chi connectivity index (χ3n) is 7.83. The van der Waals surface area contributed by atoms with E-state index < -0.39 is 59.7 Å². The number of hydrogen-bond acceptors (Lipinski definition) is 13. The van der Waals surface area contributed by atoms with Crippen molar-refractivity contribution in [1.82, 2.24) is 39.5 Å². The Morgan fingerprint density at radius 2 is 2.02 bits per heavy atom. The lowest BCUT2D eigenvalue weighted by Crippen LogP contribution is -2.32. The van der Waals surface area contributed by atoms with Crippen LogP contribution in [0.5, 0.6) is 0 Å². The molecule has 3 aliphatic heterocycles. The number of aromatic nitrogens is 8. The number of nitrogen functional groups attached to an aromatic ring is 2. The second-order valence-electron chi connectivity index (χ2n) is 10.3. The number of nitrogens with zero attached hydrogens (tertiary/aromatic N) is 7. The van der Waals surface area contributed by atoms with Crippen molar-refractivity contribution in [2.24, 2.45) is 5.92 Å². The molecular weight excluding hydrogens is 617 g/mol. The molecule has 9 atom stereocenters. The van der Waals surface area contributed by atoms with Gasteiger partial charge in [0.2, 0.25) is 5.95 Å². The molecule has 20 heteroatoms. The molecule has 0 spiro atoms. The number of rotatable bonds is 2. The van der Waals surface area contributed by atoms with Crippen molar-refractivity contribution < 1.29 is 27.1 Å². The summed E-state index contributed by atoms with van der Waals surface area (Å²) >= 11 is 5.27. The summed E-state index contributed by atoms with van der Waals surface area (Å²) in [4.78, 5) is 26.9. The smallest absolute Gasteiger partial charge is 0.383 e. The number of anilines is 2. The van der Waals surface area contributed by atoms with Gasteiger partial charge in [-0.1, -0.05) is 23.9 Å². The van der Waals surface area contributed by atoms with E-state index >= 15 is 8.78 Å². The van der Waals surface area contributed by atoms with E-state index in [2.05, 4.69) is 42.5 Å². The monoisotopic (exact) mass is 642 g/mol. The number of ether oxygens (including phenoxy) is 1. The number of halogens is 2. The fourth-order valence-corrected chi connectivity index (χ4v) is 8.99. The van der Waals surface area contributed by atoms with Gasteiger partial charge in [-0.15, -0.1) is 16.9 Å². The molecule has 0 aromatic carbocycles. The van der Waals surface area contributed by atoms with Gasteiger partial charge in [0, 0.05) is 17.4 Å². The lowest BCUT2D eigenvalue weighted by Gasteiger charge is -2.26. The number of nitrogens with two attached hydrogens (primary N) is 2. The van der Waals surface area contributed by atoms with E-state index in [1.165, 1.54) is 11.0 Å². The molecule has 7 rings (SSSR count). The minimum Gasteiger partial charge on any atom is -0.383 e. The van der Waals surface area contributed by atoms with E-state index in [0.717, 1.165) is 11.8 Å². The van der Waals surface area contributed by atoms with Crippen LogP contribution in [-0.2, 0) is 18.3 Å². The zero-order chi connectivity index (χ0) is 29.3. The normalized spacial score (nSPS) is 35.7. The van der Waals surface area contributed by atoms with Gasteiger partial charge in [-0.3, -0.25) is 18.8 Å². The Kier molecular flexibility index (Phi) is 6.93. The van der Waals surface area contributed by atoms with E-state index in [-0.39, 0.29) is 29.5 Å². The molecule has 3 fully saturated rings. The number of aromatic amines is 1. The summed E-state index contributed by atoms with van der Waals surface area (Å²) in [6, 6.07) is 1.68. The van der Waals surface area contributed by atoms with E-state index in [0.29, 0.717) is 30.3 Å². The van der Waals surface area contributed by atoms with Crippen molar-refractivity contribution in [1.29, 1.82) is 0 Å². The highest BCUT2D eigenvalue weighted by Gasteiger charge is 2.52. The Bertz CT molecular complexity index is 1770. The van der Waals surface area contributed by atoms with Crippen molar-refractivity contribution in [2.75, 3.05) is 18.1 Å². The van der Waals surface area contributed by atoms with E-state index in [4.69, 9.17) is 25.3 Å². The predicted molar refractivity (Wildman–Crippen MR) is 151 cm³/mol. The second kappa shape index (κ2) is 10.4. The first-order valence-corrected chi connectivity index (χ1v) is 16.7. The highest BCUT2D eigenvalue weighted by Crippen LogP contribution is 2.60. The molecule has 42 heavy (non-hydrogen) atoms. The SMILES string of the molecule is Nc1nc2c(nnn2[C@@H]2SC3CCC[C@H]4[C@H](F)[C@H](n5ccc6c(N)ncnc65)O[C@@H]4COP(=O)(S)O[C@@H]2[C@@H]3F)c(=O)[nH]1. The predicted octanol–water partition coefficient (Wildman–Crippen LogP) is 2.55. The van der Waals surface area contributed by atoms with Crippen LogP contribution in [0, 0.1) is 5.92 Å². The van der Waals surface area contributed by atoms with Gasteiger partial charge in [0.05, 0.1) is 18.1 Å². The van der Waals surface area contributed by atoms with Crippen LogP contribution in [-0.4, -0.2) is 75.9 Å². The average molecular weight is 643 g/mol. The van der Waals surface area contributed by atoms with Crippen LogP contribution < -0.4 is 17.0 Å². The highest BCUT2D eigenvalue weighted by molar-refractivity contribution is 8.44. The van der Waals surface area contributed by atoms with E-state index in [1.807, 2.05) is 0 Å². The van der Waals surface area contributed by atoms with Crippen LogP contribution >= 0.6 is 30.8 Å². The summed E-state index contributed by atoms with van der Waals surface area (Å²) in [5, 5.41) is 6.85. The number of nitrogens with one attached hydrogen (secondary N) is 1. The lowest BCUT2D eigenvalue weighted by atomic mass is 9.92. The maximum absolute atomic E-state index is 16.0. The summed E-state index contributed by atoms with van der Waals surface area (Å²) in [5.41, 5.74) is 11.4. The fourth-order valence-electron chi connectivity index (χ4n) is 5.86. The molecule has 4 aromatic heterocycles. The van der Waals surface area contributed by atoms with E-state index in [9.17, 15) is 9.36 Å². The minimum atomic E-state index is -4.21. The number of alkyl halides is 2. The molecule has 5 N–H and O–H groups in total. The number of thiol groups is 1. The molecule has 7 heterocycles. The van der Waals surface area contributed by atoms with Crippen LogP contribution in [0.15, 0.2) is 23.4 Å². The zero-order valence-corrected chi connectivity index (χ0v) is 24.2. The number of hydrogen-bond donors (Lipinski definition) is 4. The van der Waals surface area contributed by atoms with E-state index in [1.54, 1.807) is 16.8 Å². The quantitative estimate of drug-likeness (QED) is 0.184. The Balaban J connectivity index is 1.17. The Labute approximate surface area is 244 Å². The third kappa shape index (κ3) is 4.66. The largest absolute Gasteiger partial charge is 0.386 e. The molecule has 2 unspecified atom stereocenters. The molecule has 3 saturated heterocycles. The first-order chi connectivity index (χ1) is 20.1. The molecule has 0 aliphatic carbocycles. The van der Waals surface area contributed by atoms with Gasteiger partial charge in [-0.05, 0) is 18.9 Å². The van der Waals surface area contributed by atoms with Crippen molar-refractivity contribution in [3.63, 3.8) is 0 Å². The first-order valence-electron chi connectivity index (χ1n) is 13.0. The maximum Gasteiger partial charge on any atom is 0.386 e. The van der Waals surface area contributed by atoms with Crippen molar-refractivity contribution in [3.8, 4) is 0 Å². The van der Waals surface area contributed by atoms with Crippen molar-refractivity contribution >= 4 is 64.8 Å². The molecule has 0 saturated carbocycles. The Morgan fingerprint density at radius 3 is 2.86 bits per heavy atom. The zero-order valence-electron chi connectivity index (χ0n) is 21.6. The van der Waals surface area contributed by atoms with Gasteiger partial charge in [-0.25, -0.2) is 28.0 Å². The van der Waals surface area contributed by atoms with Crippen LogP contribution in [0.1, 0.15) is 30.9 Å². The standard InChI is InChI=1S/C22H25F2N10O5PS2/c23-12-8-2-1-3-11-13(24)15(21(42-11)34-18-14(31-32-34)19(35)30-22(26)29-18)39-40(36,41)37-6-10(8)38-20(12)33-5-4-9-16(25)27-7-28-17(9)33/h4-5,7-8,10-13,15,20-21H,1-3,6H2,(H,36,41)(H2,25,27,28)(H3,26,29,30,35)/t8-,10-,11?,12+,13-,15-,20-,21-,40?/m1/s1. The number of fused-ring (bicyclic) bond motifs is 5. The summed E-state index contributed by atoms with van der Waals surface area (Å²) < 4.78 is 65.5. The minimum absolute atomic E-state index is 0.0215. The molecule has 224 valence electrons. The van der Waals surface area contributed by atoms with Gasteiger partial charge in [0.25, 0.3) is 5.56 Å². The molecule has 0 amide bonds.